The minimum absolute atomic E-state index is 0.814. The number of piperidine rings is 1. The van der Waals surface area contributed by atoms with Crippen LogP contribution in [0.15, 0.2) is 0 Å². The Kier molecular flexibility index (Phi) is 6.67. The summed E-state index contributed by atoms with van der Waals surface area (Å²) in [5.74, 6) is 1.74. The quantitative estimate of drug-likeness (QED) is 0.495. The first-order valence-corrected chi connectivity index (χ1v) is 7.07. The molecule has 0 spiro atoms. The third-order valence-corrected chi connectivity index (χ3v) is 3.84. The maximum atomic E-state index is 5.66. The normalized spacial score (nSPS) is 28.2. The van der Waals surface area contributed by atoms with Crippen LogP contribution in [0.2, 0.25) is 0 Å². The zero-order chi connectivity index (χ0) is 11.1. The molecule has 0 aromatic heterocycles. The molecule has 2 unspecified atom stereocenters. The summed E-state index contributed by atoms with van der Waals surface area (Å²) in [6, 6.07) is 0.814. The SMILES string of the molecule is CC1CCC(C)N(CCCCCCCl)C1. The number of hydrogen-bond donors (Lipinski definition) is 0. The van der Waals surface area contributed by atoms with Gasteiger partial charge in [0.15, 0.2) is 0 Å². The molecule has 0 aromatic rings. The van der Waals surface area contributed by atoms with Crippen LogP contribution in [0.3, 0.4) is 0 Å². The summed E-state index contributed by atoms with van der Waals surface area (Å²) in [5.41, 5.74) is 0. The summed E-state index contributed by atoms with van der Waals surface area (Å²) < 4.78 is 0. The number of halogens is 1. The Hall–Kier alpha value is 0.250. The van der Waals surface area contributed by atoms with E-state index in [0.29, 0.717) is 0 Å². The van der Waals surface area contributed by atoms with Gasteiger partial charge in [0, 0.05) is 18.5 Å². The van der Waals surface area contributed by atoms with Crippen LogP contribution < -0.4 is 0 Å². The zero-order valence-electron chi connectivity index (χ0n) is 10.3. The Labute approximate surface area is 100 Å². The topological polar surface area (TPSA) is 3.24 Å². The predicted octanol–water partition coefficient (Wildman–Crippen LogP) is 3.91. The van der Waals surface area contributed by atoms with E-state index in [2.05, 4.69) is 18.7 Å². The highest BCUT2D eigenvalue weighted by atomic mass is 35.5. The zero-order valence-corrected chi connectivity index (χ0v) is 11.1. The summed E-state index contributed by atoms with van der Waals surface area (Å²) in [4.78, 5) is 2.68. The average molecular weight is 232 g/mol. The number of likely N-dealkylation sites (tertiary alicyclic amines) is 1. The van der Waals surface area contributed by atoms with Crippen LogP contribution in [0, 0.1) is 5.92 Å². The molecule has 1 saturated heterocycles. The highest BCUT2D eigenvalue weighted by Crippen LogP contribution is 2.21. The van der Waals surface area contributed by atoms with Gasteiger partial charge in [-0.1, -0.05) is 19.8 Å². The van der Waals surface area contributed by atoms with Crippen molar-refractivity contribution in [1.29, 1.82) is 0 Å². The van der Waals surface area contributed by atoms with Gasteiger partial charge in [-0.2, -0.15) is 0 Å². The second-order valence-corrected chi connectivity index (χ2v) is 5.51. The van der Waals surface area contributed by atoms with Gasteiger partial charge < -0.3 is 4.90 Å². The van der Waals surface area contributed by atoms with Crippen LogP contribution in [0.1, 0.15) is 52.4 Å². The Bertz CT molecular complexity index is 161. The van der Waals surface area contributed by atoms with Crippen LogP contribution in [0.4, 0.5) is 0 Å². The molecule has 1 aliphatic heterocycles. The van der Waals surface area contributed by atoms with E-state index in [4.69, 9.17) is 11.6 Å². The monoisotopic (exact) mass is 231 g/mol. The summed E-state index contributed by atoms with van der Waals surface area (Å²) in [5, 5.41) is 0. The molecule has 0 radical (unpaired) electrons. The third-order valence-electron chi connectivity index (χ3n) is 3.58. The number of nitrogens with zero attached hydrogens (tertiary/aromatic N) is 1. The highest BCUT2D eigenvalue weighted by molar-refractivity contribution is 6.17. The first-order valence-electron chi connectivity index (χ1n) is 6.54. The summed E-state index contributed by atoms with van der Waals surface area (Å²) in [7, 11) is 0. The van der Waals surface area contributed by atoms with Crippen molar-refractivity contribution >= 4 is 11.6 Å². The lowest BCUT2D eigenvalue weighted by molar-refractivity contribution is 0.122. The summed E-state index contributed by atoms with van der Waals surface area (Å²) in [6.45, 7) is 7.38. The van der Waals surface area contributed by atoms with Gasteiger partial charge in [-0.25, -0.2) is 0 Å². The highest BCUT2D eigenvalue weighted by Gasteiger charge is 2.21. The largest absolute Gasteiger partial charge is 0.300 e. The molecular formula is C13H26ClN. The van der Waals surface area contributed by atoms with Crippen LogP contribution in [-0.4, -0.2) is 29.9 Å². The van der Waals surface area contributed by atoms with E-state index in [9.17, 15) is 0 Å². The lowest BCUT2D eigenvalue weighted by Gasteiger charge is -2.36. The smallest absolute Gasteiger partial charge is 0.0223 e. The van der Waals surface area contributed by atoms with Gasteiger partial charge in [0.25, 0.3) is 0 Å². The van der Waals surface area contributed by atoms with Crippen molar-refractivity contribution in [2.24, 2.45) is 5.92 Å². The van der Waals surface area contributed by atoms with Gasteiger partial charge in [-0.15, -0.1) is 11.6 Å². The Morgan fingerprint density at radius 2 is 1.80 bits per heavy atom. The van der Waals surface area contributed by atoms with Crippen molar-refractivity contribution in [2.45, 2.75) is 58.4 Å². The fourth-order valence-corrected chi connectivity index (χ4v) is 2.64. The maximum Gasteiger partial charge on any atom is 0.0223 e. The van der Waals surface area contributed by atoms with E-state index in [1.165, 1.54) is 51.6 Å². The standard InChI is InChI=1S/C13H26ClN/c1-12-7-8-13(2)15(11-12)10-6-4-3-5-9-14/h12-13H,3-11H2,1-2H3. The van der Waals surface area contributed by atoms with E-state index in [0.717, 1.165) is 17.8 Å². The van der Waals surface area contributed by atoms with E-state index in [1.54, 1.807) is 0 Å². The number of hydrogen-bond acceptors (Lipinski definition) is 1. The van der Waals surface area contributed by atoms with Gasteiger partial charge >= 0.3 is 0 Å². The van der Waals surface area contributed by atoms with Crippen molar-refractivity contribution in [3.05, 3.63) is 0 Å². The molecule has 90 valence electrons. The van der Waals surface area contributed by atoms with E-state index < -0.39 is 0 Å². The minimum atomic E-state index is 0.814. The molecule has 1 fully saturated rings. The van der Waals surface area contributed by atoms with Crippen LogP contribution in [-0.2, 0) is 0 Å². The van der Waals surface area contributed by atoms with E-state index in [1.807, 2.05) is 0 Å². The van der Waals surface area contributed by atoms with Crippen LogP contribution in [0.5, 0.6) is 0 Å². The summed E-state index contributed by atoms with van der Waals surface area (Å²) in [6.07, 6.45) is 8.01. The van der Waals surface area contributed by atoms with Crippen molar-refractivity contribution in [3.63, 3.8) is 0 Å². The van der Waals surface area contributed by atoms with Crippen molar-refractivity contribution in [3.8, 4) is 0 Å². The van der Waals surface area contributed by atoms with Gasteiger partial charge in [-0.3, -0.25) is 0 Å². The van der Waals surface area contributed by atoms with Crippen molar-refractivity contribution < 1.29 is 0 Å². The molecule has 0 amide bonds. The first-order chi connectivity index (χ1) is 7.24. The number of unbranched alkanes of at least 4 members (excludes halogenated alkanes) is 3. The molecule has 1 nitrogen and oxygen atoms in total. The molecule has 2 atom stereocenters. The average Bonchev–Trinajstić information content (AvgIpc) is 2.23. The Morgan fingerprint density at radius 3 is 2.53 bits per heavy atom. The van der Waals surface area contributed by atoms with Crippen molar-refractivity contribution in [1.82, 2.24) is 4.90 Å². The van der Waals surface area contributed by atoms with Gasteiger partial charge in [0.05, 0.1) is 0 Å². The van der Waals surface area contributed by atoms with Crippen molar-refractivity contribution in [2.75, 3.05) is 19.0 Å². The number of rotatable bonds is 6. The number of alkyl halides is 1. The lowest BCUT2D eigenvalue weighted by Crippen LogP contribution is -2.41. The van der Waals surface area contributed by atoms with Gasteiger partial charge in [0.1, 0.15) is 0 Å². The molecular weight excluding hydrogens is 206 g/mol. The molecule has 0 N–H and O–H groups in total. The molecule has 1 heterocycles. The van der Waals surface area contributed by atoms with Crippen LogP contribution >= 0.6 is 11.6 Å². The minimum Gasteiger partial charge on any atom is -0.300 e. The molecule has 0 aromatic carbocycles. The second kappa shape index (κ2) is 7.51. The first kappa shape index (κ1) is 13.3. The molecule has 1 aliphatic rings. The van der Waals surface area contributed by atoms with E-state index >= 15 is 0 Å². The maximum absolute atomic E-state index is 5.66. The molecule has 0 bridgehead atoms. The molecule has 2 heteroatoms. The predicted molar refractivity (Wildman–Crippen MR) is 68.6 cm³/mol. The fourth-order valence-electron chi connectivity index (χ4n) is 2.45. The lowest BCUT2D eigenvalue weighted by atomic mass is 9.95. The van der Waals surface area contributed by atoms with E-state index in [-0.39, 0.29) is 0 Å². The Balaban J connectivity index is 2.08. The van der Waals surface area contributed by atoms with Crippen LogP contribution in [0.25, 0.3) is 0 Å². The molecule has 0 aliphatic carbocycles. The molecule has 15 heavy (non-hydrogen) atoms. The van der Waals surface area contributed by atoms with Gasteiger partial charge in [0.2, 0.25) is 0 Å². The molecule has 1 rings (SSSR count). The Morgan fingerprint density at radius 1 is 1.07 bits per heavy atom. The third kappa shape index (κ3) is 5.21. The fraction of sp³-hybridized carbons (Fsp3) is 1.00. The molecule has 0 saturated carbocycles. The van der Waals surface area contributed by atoms with Gasteiger partial charge in [-0.05, 0) is 45.1 Å². The second-order valence-electron chi connectivity index (χ2n) is 5.13. The summed E-state index contributed by atoms with van der Waals surface area (Å²) >= 11 is 5.66.